The summed E-state index contributed by atoms with van der Waals surface area (Å²) in [5, 5.41) is 8.46. The first kappa shape index (κ1) is 17.4. The minimum atomic E-state index is -3.68. The van der Waals surface area contributed by atoms with Crippen LogP contribution in [0, 0.1) is 0 Å². The molecule has 27 heavy (non-hydrogen) atoms. The maximum absolute atomic E-state index is 13.0. The fourth-order valence-corrected chi connectivity index (χ4v) is 3.16. The summed E-state index contributed by atoms with van der Waals surface area (Å²) in [7, 11) is 0. The van der Waals surface area contributed by atoms with E-state index in [2.05, 4.69) is 24.9 Å². The zero-order valence-electron chi connectivity index (χ0n) is 13.8. The van der Waals surface area contributed by atoms with Crippen molar-refractivity contribution in [1.82, 2.24) is 10.1 Å². The first-order valence-corrected chi connectivity index (χ1v) is 8.93. The molecule has 140 valence electrons. The van der Waals surface area contributed by atoms with E-state index in [0.717, 1.165) is 4.88 Å². The molecule has 0 bridgehead atoms. The molecule has 0 fully saturated rings. The molecule has 3 aromatic rings. The van der Waals surface area contributed by atoms with Crippen LogP contribution < -0.4 is 14.8 Å². The predicted octanol–water partition coefficient (Wildman–Crippen LogP) is 4.08. The van der Waals surface area contributed by atoms with Crippen LogP contribution in [-0.2, 0) is 11.2 Å². The number of fused-ring (bicyclic) bond motifs is 1. The Bertz CT molecular complexity index is 959. The molecule has 1 amide bonds. The first-order chi connectivity index (χ1) is 13.0. The summed E-state index contributed by atoms with van der Waals surface area (Å²) in [6.45, 7) is 0. The lowest BCUT2D eigenvalue weighted by Crippen LogP contribution is -2.25. The van der Waals surface area contributed by atoms with E-state index in [0.29, 0.717) is 30.2 Å². The third kappa shape index (κ3) is 4.05. The van der Waals surface area contributed by atoms with Crippen molar-refractivity contribution >= 4 is 22.9 Å². The maximum atomic E-state index is 13.0. The van der Waals surface area contributed by atoms with Gasteiger partial charge in [0.15, 0.2) is 11.5 Å². The molecular weight excluding hydrogens is 380 g/mol. The molecule has 1 N–H and O–H groups in total. The number of hydrogen-bond donors (Lipinski definition) is 1. The van der Waals surface area contributed by atoms with Crippen molar-refractivity contribution < 1.29 is 27.6 Å². The summed E-state index contributed by atoms with van der Waals surface area (Å²) in [4.78, 5) is 17.2. The normalized spacial score (nSPS) is 14.3. The lowest BCUT2D eigenvalue weighted by atomic mass is 10.2. The number of aryl methyl sites for hydroxylation is 1. The molecule has 4 rings (SSSR count). The van der Waals surface area contributed by atoms with Gasteiger partial charge in [0.25, 0.3) is 0 Å². The summed E-state index contributed by atoms with van der Waals surface area (Å²) in [6.07, 6.45) is -2.52. The van der Waals surface area contributed by atoms with Crippen LogP contribution in [0.4, 0.5) is 14.5 Å². The molecule has 1 aliphatic rings. The summed E-state index contributed by atoms with van der Waals surface area (Å²) in [5.41, 5.74) is 0.345. The standard InChI is InChI=1S/C17H13F2N3O4S/c18-17(19)24-11-7-6-10(9-12(11)25-17)20-14(23)4-1-5-15-21-16(22-26-15)13-3-2-8-27-13/h2-3,6-9H,1,4-5H2,(H,20,23). The Morgan fingerprint density at radius 2 is 2.07 bits per heavy atom. The van der Waals surface area contributed by atoms with Gasteiger partial charge in [0.1, 0.15) is 0 Å². The van der Waals surface area contributed by atoms with E-state index < -0.39 is 6.29 Å². The van der Waals surface area contributed by atoms with Gasteiger partial charge in [-0.1, -0.05) is 11.2 Å². The number of carbonyl (C=O) groups is 1. The third-order valence-electron chi connectivity index (χ3n) is 3.69. The number of anilines is 1. The maximum Gasteiger partial charge on any atom is 0.586 e. The highest BCUT2D eigenvalue weighted by atomic mass is 32.1. The number of hydrogen-bond acceptors (Lipinski definition) is 7. The number of amides is 1. The van der Waals surface area contributed by atoms with E-state index >= 15 is 0 Å². The molecule has 0 aliphatic carbocycles. The summed E-state index contributed by atoms with van der Waals surface area (Å²) >= 11 is 1.51. The number of benzene rings is 1. The fraction of sp³-hybridized carbons (Fsp3) is 0.235. The summed E-state index contributed by atoms with van der Waals surface area (Å²) < 4.78 is 39.8. The highest BCUT2D eigenvalue weighted by Crippen LogP contribution is 2.42. The van der Waals surface area contributed by atoms with Gasteiger partial charge in [-0.2, -0.15) is 4.98 Å². The molecule has 1 aromatic carbocycles. The number of rotatable bonds is 6. The smallest absolute Gasteiger partial charge is 0.395 e. The quantitative estimate of drug-likeness (QED) is 0.679. The lowest BCUT2D eigenvalue weighted by molar-refractivity contribution is -0.286. The Morgan fingerprint density at radius 3 is 2.89 bits per heavy atom. The van der Waals surface area contributed by atoms with Crippen molar-refractivity contribution in [3.8, 4) is 22.2 Å². The first-order valence-electron chi connectivity index (χ1n) is 8.05. The molecule has 0 radical (unpaired) electrons. The Morgan fingerprint density at radius 1 is 1.22 bits per heavy atom. The van der Waals surface area contributed by atoms with Crippen LogP contribution in [0.5, 0.6) is 11.5 Å². The second-order valence-corrected chi connectivity index (χ2v) is 6.67. The van der Waals surface area contributed by atoms with Crippen molar-refractivity contribution in [2.24, 2.45) is 0 Å². The number of thiophene rings is 1. The highest BCUT2D eigenvalue weighted by Gasteiger charge is 2.43. The van der Waals surface area contributed by atoms with Crippen LogP contribution >= 0.6 is 11.3 Å². The summed E-state index contributed by atoms with van der Waals surface area (Å²) in [5.74, 6) is 0.525. The number of nitrogens with one attached hydrogen (secondary N) is 1. The van der Waals surface area contributed by atoms with Gasteiger partial charge in [-0.25, -0.2) is 0 Å². The number of carbonyl (C=O) groups excluding carboxylic acids is 1. The topological polar surface area (TPSA) is 86.5 Å². The SMILES string of the molecule is O=C(CCCc1nc(-c2cccs2)no1)Nc1ccc2c(c1)OC(F)(F)O2. The number of halogens is 2. The summed E-state index contributed by atoms with van der Waals surface area (Å²) in [6, 6.07) is 7.87. The average molecular weight is 393 g/mol. The molecule has 0 atom stereocenters. The van der Waals surface area contributed by atoms with Crippen LogP contribution in [0.15, 0.2) is 40.2 Å². The predicted molar refractivity (Wildman–Crippen MR) is 91.8 cm³/mol. The van der Waals surface area contributed by atoms with Crippen LogP contribution in [0.1, 0.15) is 18.7 Å². The van der Waals surface area contributed by atoms with Crippen molar-refractivity contribution in [2.75, 3.05) is 5.32 Å². The molecule has 0 spiro atoms. The molecule has 2 aromatic heterocycles. The lowest BCUT2D eigenvalue weighted by Gasteiger charge is -2.05. The van der Waals surface area contributed by atoms with Gasteiger partial charge < -0.3 is 19.3 Å². The van der Waals surface area contributed by atoms with Crippen LogP contribution in [0.25, 0.3) is 10.7 Å². The molecule has 7 nitrogen and oxygen atoms in total. The molecule has 0 saturated heterocycles. The second kappa shape index (κ2) is 6.95. The van der Waals surface area contributed by atoms with Crippen molar-refractivity contribution in [2.45, 2.75) is 25.6 Å². The average Bonchev–Trinajstić information content (AvgIpc) is 3.32. The molecule has 0 unspecified atom stereocenters. The Hall–Kier alpha value is -3.01. The van der Waals surface area contributed by atoms with Gasteiger partial charge in [-0.3, -0.25) is 4.79 Å². The van der Waals surface area contributed by atoms with E-state index in [1.807, 2.05) is 17.5 Å². The van der Waals surface area contributed by atoms with Gasteiger partial charge in [0, 0.05) is 24.6 Å². The molecular formula is C17H13F2N3O4S. The van der Waals surface area contributed by atoms with E-state index in [9.17, 15) is 13.6 Å². The van der Waals surface area contributed by atoms with Crippen LogP contribution in [0.3, 0.4) is 0 Å². The Kier molecular flexibility index (Phi) is 4.48. The minimum absolute atomic E-state index is 0.0732. The largest absolute Gasteiger partial charge is 0.586 e. The van der Waals surface area contributed by atoms with E-state index in [1.165, 1.54) is 29.5 Å². The highest BCUT2D eigenvalue weighted by molar-refractivity contribution is 7.13. The Labute approximate surface area is 155 Å². The zero-order chi connectivity index (χ0) is 18.9. The van der Waals surface area contributed by atoms with Gasteiger partial charge in [-0.05, 0) is 30.0 Å². The Balaban J connectivity index is 1.27. The number of aromatic nitrogens is 2. The van der Waals surface area contributed by atoms with E-state index in [-0.39, 0.29) is 23.8 Å². The van der Waals surface area contributed by atoms with Crippen molar-refractivity contribution in [1.29, 1.82) is 0 Å². The monoisotopic (exact) mass is 393 g/mol. The van der Waals surface area contributed by atoms with E-state index in [4.69, 9.17) is 4.52 Å². The molecule has 10 heteroatoms. The molecule has 0 saturated carbocycles. The second-order valence-electron chi connectivity index (χ2n) is 5.72. The van der Waals surface area contributed by atoms with Gasteiger partial charge in [-0.15, -0.1) is 20.1 Å². The minimum Gasteiger partial charge on any atom is -0.395 e. The van der Waals surface area contributed by atoms with Crippen LogP contribution in [-0.4, -0.2) is 22.3 Å². The number of ether oxygens (including phenoxy) is 2. The fourth-order valence-electron chi connectivity index (χ4n) is 2.51. The third-order valence-corrected chi connectivity index (χ3v) is 4.55. The van der Waals surface area contributed by atoms with Crippen LogP contribution in [0.2, 0.25) is 0 Å². The van der Waals surface area contributed by atoms with Gasteiger partial charge in [0.2, 0.25) is 17.6 Å². The zero-order valence-corrected chi connectivity index (χ0v) is 14.6. The van der Waals surface area contributed by atoms with Crippen molar-refractivity contribution in [3.05, 3.63) is 41.6 Å². The van der Waals surface area contributed by atoms with Gasteiger partial charge >= 0.3 is 6.29 Å². The molecule has 1 aliphatic heterocycles. The number of alkyl halides is 2. The molecule has 3 heterocycles. The van der Waals surface area contributed by atoms with Crippen molar-refractivity contribution in [3.63, 3.8) is 0 Å². The number of nitrogens with zero attached hydrogens (tertiary/aromatic N) is 2. The van der Waals surface area contributed by atoms with Gasteiger partial charge in [0.05, 0.1) is 4.88 Å². The van der Waals surface area contributed by atoms with E-state index in [1.54, 1.807) is 0 Å².